The number of anilines is 1. The lowest BCUT2D eigenvalue weighted by Gasteiger charge is -2.10. The highest BCUT2D eigenvalue weighted by Gasteiger charge is 2.13. The Morgan fingerprint density at radius 2 is 2.17 bits per heavy atom. The number of aliphatic hydroxyl groups excluding tert-OH is 2. The quantitative estimate of drug-likeness (QED) is 0.523. The van der Waals surface area contributed by atoms with Gasteiger partial charge in [0.15, 0.2) is 5.58 Å². The standard InChI is InChI=1S/C10H11N3O5/c14-4-6(5-15)11-10-12-8-2-1-7(13(16)17)3-9(8)18-10/h1-3,6,14-15H,4-5H2,(H,11,12). The van der Waals surface area contributed by atoms with Crippen LogP contribution in [0.5, 0.6) is 0 Å². The van der Waals surface area contributed by atoms with Crippen LogP contribution in [0.3, 0.4) is 0 Å². The maximum absolute atomic E-state index is 10.6. The Bertz CT molecular complexity index is 564. The maximum Gasteiger partial charge on any atom is 0.296 e. The van der Waals surface area contributed by atoms with Gasteiger partial charge < -0.3 is 19.9 Å². The van der Waals surface area contributed by atoms with Gasteiger partial charge in [-0.2, -0.15) is 4.98 Å². The zero-order valence-corrected chi connectivity index (χ0v) is 9.24. The molecular weight excluding hydrogens is 242 g/mol. The molecule has 8 heteroatoms. The molecule has 2 aromatic rings. The van der Waals surface area contributed by atoms with Crippen molar-refractivity contribution in [3.8, 4) is 0 Å². The van der Waals surface area contributed by atoms with Gasteiger partial charge in [0.2, 0.25) is 0 Å². The van der Waals surface area contributed by atoms with Crippen molar-refractivity contribution in [2.24, 2.45) is 0 Å². The maximum atomic E-state index is 10.6. The van der Waals surface area contributed by atoms with Crippen LogP contribution in [0.2, 0.25) is 0 Å². The Balaban J connectivity index is 2.29. The summed E-state index contributed by atoms with van der Waals surface area (Å²) in [5.41, 5.74) is 0.630. The van der Waals surface area contributed by atoms with Crippen LogP contribution in [0.15, 0.2) is 22.6 Å². The molecule has 0 aliphatic carbocycles. The SMILES string of the molecule is O=[N+]([O-])c1ccc2nc(NC(CO)CO)oc2c1. The fourth-order valence-electron chi connectivity index (χ4n) is 1.41. The fraction of sp³-hybridized carbons (Fsp3) is 0.300. The molecule has 0 saturated heterocycles. The first kappa shape index (κ1) is 12.3. The Morgan fingerprint density at radius 1 is 1.44 bits per heavy atom. The normalized spacial score (nSPS) is 11.1. The highest BCUT2D eigenvalue weighted by molar-refractivity contribution is 5.77. The Hall–Kier alpha value is -2.19. The van der Waals surface area contributed by atoms with E-state index >= 15 is 0 Å². The highest BCUT2D eigenvalue weighted by atomic mass is 16.6. The van der Waals surface area contributed by atoms with Crippen LogP contribution in [0.25, 0.3) is 11.1 Å². The number of nitrogens with one attached hydrogen (secondary N) is 1. The smallest absolute Gasteiger partial charge is 0.296 e. The second-order valence-corrected chi connectivity index (χ2v) is 3.63. The number of aliphatic hydroxyl groups is 2. The van der Waals surface area contributed by atoms with E-state index in [1.807, 2.05) is 0 Å². The van der Waals surface area contributed by atoms with Crippen LogP contribution >= 0.6 is 0 Å². The van der Waals surface area contributed by atoms with Crippen molar-refractivity contribution in [1.29, 1.82) is 0 Å². The lowest BCUT2D eigenvalue weighted by molar-refractivity contribution is -0.384. The molecule has 0 aliphatic heterocycles. The number of hydrogen-bond acceptors (Lipinski definition) is 7. The molecule has 2 rings (SSSR count). The molecule has 1 aromatic heterocycles. The van der Waals surface area contributed by atoms with Crippen molar-refractivity contribution in [2.75, 3.05) is 18.5 Å². The van der Waals surface area contributed by atoms with E-state index in [9.17, 15) is 10.1 Å². The summed E-state index contributed by atoms with van der Waals surface area (Å²) < 4.78 is 5.24. The van der Waals surface area contributed by atoms with E-state index in [2.05, 4.69) is 10.3 Å². The third-order valence-electron chi connectivity index (χ3n) is 2.35. The van der Waals surface area contributed by atoms with Gasteiger partial charge in [-0.3, -0.25) is 10.1 Å². The number of rotatable bonds is 5. The molecule has 0 atom stereocenters. The molecule has 0 unspecified atom stereocenters. The summed E-state index contributed by atoms with van der Waals surface area (Å²) in [6.45, 7) is -0.565. The Kier molecular flexibility index (Phi) is 3.40. The molecule has 0 fully saturated rings. The molecular formula is C10H11N3O5. The first-order valence-corrected chi connectivity index (χ1v) is 5.17. The van der Waals surface area contributed by atoms with Gasteiger partial charge in [0.25, 0.3) is 11.7 Å². The summed E-state index contributed by atoms with van der Waals surface area (Å²) in [7, 11) is 0. The van der Waals surface area contributed by atoms with Crippen LogP contribution in [-0.4, -0.2) is 39.4 Å². The number of nitro groups is 1. The summed E-state index contributed by atoms with van der Waals surface area (Å²) in [4.78, 5) is 14.1. The van der Waals surface area contributed by atoms with E-state index in [4.69, 9.17) is 14.6 Å². The molecule has 0 spiro atoms. The third kappa shape index (κ3) is 2.39. The first-order chi connectivity index (χ1) is 8.63. The first-order valence-electron chi connectivity index (χ1n) is 5.17. The van der Waals surface area contributed by atoms with Crippen molar-refractivity contribution in [3.05, 3.63) is 28.3 Å². The molecule has 0 radical (unpaired) electrons. The van der Waals surface area contributed by atoms with Gasteiger partial charge in [-0.1, -0.05) is 0 Å². The third-order valence-corrected chi connectivity index (χ3v) is 2.35. The summed E-state index contributed by atoms with van der Waals surface area (Å²) in [5, 5.41) is 31.0. The summed E-state index contributed by atoms with van der Waals surface area (Å²) in [5.74, 6) is 0. The molecule has 0 amide bonds. The number of aromatic nitrogens is 1. The fourth-order valence-corrected chi connectivity index (χ4v) is 1.41. The van der Waals surface area contributed by atoms with Crippen molar-refractivity contribution in [3.63, 3.8) is 0 Å². The van der Waals surface area contributed by atoms with Crippen molar-refractivity contribution >= 4 is 22.8 Å². The molecule has 1 aromatic carbocycles. The lowest BCUT2D eigenvalue weighted by Crippen LogP contribution is -2.27. The van der Waals surface area contributed by atoms with E-state index in [0.29, 0.717) is 5.52 Å². The van der Waals surface area contributed by atoms with Gasteiger partial charge in [-0.15, -0.1) is 0 Å². The molecule has 96 valence electrons. The minimum atomic E-state index is -0.590. The molecule has 8 nitrogen and oxygen atoms in total. The van der Waals surface area contributed by atoms with Crippen molar-refractivity contribution in [1.82, 2.24) is 4.98 Å². The summed E-state index contributed by atoms with van der Waals surface area (Å²) in [6.07, 6.45) is 0. The van der Waals surface area contributed by atoms with Crippen LogP contribution in [0.4, 0.5) is 11.7 Å². The predicted molar refractivity (Wildman–Crippen MR) is 62.2 cm³/mol. The van der Waals surface area contributed by atoms with Crippen molar-refractivity contribution in [2.45, 2.75) is 6.04 Å². The molecule has 0 aliphatic rings. The van der Waals surface area contributed by atoms with E-state index < -0.39 is 11.0 Å². The van der Waals surface area contributed by atoms with E-state index in [1.165, 1.54) is 18.2 Å². The van der Waals surface area contributed by atoms with Crippen molar-refractivity contribution < 1.29 is 19.6 Å². The van der Waals surface area contributed by atoms with Crippen LogP contribution in [0.1, 0.15) is 0 Å². The second-order valence-electron chi connectivity index (χ2n) is 3.63. The molecule has 1 heterocycles. The number of benzene rings is 1. The topological polar surface area (TPSA) is 122 Å². The lowest BCUT2D eigenvalue weighted by atomic mass is 10.3. The minimum Gasteiger partial charge on any atom is -0.423 e. The van der Waals surface area contributed by atoms with Gasteiger partial charge in [-0.05, 0) is 6.07 Å². The van der Waals surface area contributed by atoms with E-state index in [1.54, 1.807) is 0 Å². The number of nitro benzene ring substituents is 1. The van der Waals surface area contributed by atoms with Gasteiger partial charge in [0.05, 0.1) is 30.2 Å². The van der Waals surface area contributed by atoms with Gasteiger partial charge in [-0.25, -0.2) is 0 Å². The zero-order chi connectivity index (χ0) is 13.1. The van der Waals surface area contributed by atoms with Gasteiger partial charge in [0, 0.05) is 6.07 Å². The summed E-state index contributed by atoms with van der Waals surface area (Å²) in [6, 6.07) is 3.56. The number of non-ortho nitro benzene ring substituents is 1. The minimum absolute atomic E-state index is 0.0916. The van der Waals surface area contributed by atoms with Gasteiger partial charge in [0.1, 0.15) is 5.52 Å². The average molecular weight is 253 g/mol. The summed E-state index contributed by atoms with van der Waals surface area (Å²) >= 11 is 0. The predicted octanol–water partition coefficient (Wildman–Crippen LogP) is 0.501. The van der Waals surface area contributed by atoms with Crippen LogP contribution in [-0.2, 0) is 0 Å². The second kappa shape index (κ2) is 4.98. The van der Waals surface area contributed by atoms with Gasteiger partial charge >= 0.3 is 0 Å². The van der Waals surface area contributed by atoms with Crippen LogP contribution < -0.4 is 5.32 Å². The molecule has 3 N–H and O–H groups in total. The largest absolute Gasteiger partial charge is 0.423 e. The average Bonchev–Trinajstić information content (AvgIpc) is 2.76. The number of nitrogens with zero attached hydrogens (tertiary/aromatic N) is 2. The van der Waals surface area contributed by atoms with E-state index in [0.717, 1.165) is 0 Å². The Labute approximate surface area is 101 Å². The van der Waals surface area contributed by atoms with E-state index in [-0.39, 0.29) is 30.5 Å². The highest BCUT2D eigenvalue weighted by Crippen LogP contribution is 2.23. The molecule has 0 saturated carbocycles. The molecule has 0 bridgehead atoms. The molecule has 18 heavy (non-hydrogen) atoms. The number of oxazole rings is 1. The Morgan fingerprint density at radius 3 is 2.78 bits per heavy atom. The number of fused-ring (bicyclic) bond motifs is 1. The number of hydrogen-bond donors (Lipinski definition) is 3. The monoisotopic (exact) mass is 253 g/mol. The van der Waals surface area contributed by atoms with Crippen LogP contribution in [0, 0.1) is 10.1 Å². The zero-order valence-electron chi connectivity index (χ0n) is 9.24.